The number of nitrogens with one attached hydrogen (secondary N) is 1. The number of alkyl halides is 3. The summed E-state index contributed by atoms with van der Waals surface area (Å²) in [6, 6.07) is 7.04. The number of thiocarbonyl (C=S) groups is 1. The predicted molar refractivity (Wildman–Crippen MR) is 88.8 cm³/mol. The van der Waals surface area contributed by atoms with E-state index in [2.05, 4.69) is 17.5 Å². The molecule has 23 heavy (non-hydrogen) atoms. The third-order valence-electron chi connectivity index (χ3n) is 3.49. The van der Waals surface area contributed by atoms with Crippen LogP contribution in [0.4, 0.5) is 13.2 Å². The lowest BCUT2D eigenvalue weighted by Crippen LogP contribution is -2.67. The van der Waals surface area contributed by atoms with Crippen molar-refractivity contribution in [1.82, 2.24) is 10.2 Å². The maximum absolute atomic E-state index is 13.7. The van der Waals surface area contributed by atoms with Crippen LogP contribution in [-0.2, 0) is 6.42 Å². The molecular formula is C15H15ClF3N3S. The van der Waals surface area contributed by atoms with Crippen molar-refractivity contribution in [2.24, 2.45) is 5.73 Å². The first-order chi connectivity index (χ1) is 10.8. The second kappa shape index (κ2) is 6.80. The number of allylic oxidation sites excluding steroid dienone is 2. The van der Waals surface area contributed by atoms with Gasteiger partial charge in [0.15, 0.2) is 5.11 Å². The zero-order valence-electron chi connectivity index (χ0n) is 12.0. The fourth-order valence-electron chi connectivity index (χ4n) is 2.38. The van der Waals surface area contributed by atoms with Crippen molar-refractivity contribution in [3.63, 3.8) is 0 Å². The van der Waals surface area contributed by atoms with Gasteiger partial charge in [-0.3, -0.25) is 0 Å². The minimum absolute atomic E-state index is 0.0830. The van der Waals surface area contributed by atoms with E-state index in [4.69, 9.17) is 17.3 Å². The van der Waals surface area contributed by atoms with Gasteiger partial charge >= 0.3 is 6.18 Å². The number of nitrogens with zero attached hydrogens (tertiary/aromatic N) is 1. The Kier molecular flexibility index (Phi) is 5.21. The van der Waals surface area contributed by atoms with E-state index >= 15 is 0 Å². The maximum atomic E-state index is 13.7. The van der Waals surface area contributed by atoms with Crippen molar-refractivity contribution in [1.29, 1.82) is 0 Å². The number of hydrogen-bond acceptors (Lipinski definition) is 2. The standard InChI is InChI=1S/C15H15ClF3N3S/c16-12-6-2-1-5-11(12)7-10-22-9-4-3-8-14(22,15(17,18)19)21-13(20)23/h1-6,8-9H,7,10H2,(H3,20,21,23). The summed E-state index contributed by atoms with van der Waals surface area (Å²) in [5.41, 5.74) is 3.62. The molecule has 0 radical (unpaired) electrons. The van der Waals surface area contributed by atoms with Gasteiger partial charge < -0.3 is 16.0 Å². The molecule has 0 fully saturated rings. The second-order valence-electron chi connectivity index (χ2n) is 4.99. The molecule has 0 saturated carbocycles. The molecule has 1 aromatic carbocycles. The summed E-state index contributed by atoms with van der Waals surface area (Å²) in [7, 11) is 0. The Morgan fingerprint density at radius 2 is 2.00 bits per heavy atom. The van der Waals surface area contributed by atoms with E-state index in [1.54, 1.807) is 24.3 Å². The van der Waals surface area contributed by atoms with E-state index in [9.17, 15) is 13.2 Å². The summed E-state index contributed by atoms with van der Waals surface area (Å²) in [6.07, 6.45) is 0.920. The quantitative estimate of drug-likeness (QED) is 0.807. The van der Waals surface area contributed by atoms with Crippen molar-refractivity contribution in [3.8, 4) is 0 Å². The molecule has 0 bridgehead atoms. The van der Waals surface area contributed by atoms with Crippen molar-refractivity contribution >= 4 is 28.9 Å². The molecule has 8 heteroatoms. The molecule has 0 aromatic heterocycles. The van der Waals surface area contributed by atoms with E-state index in [0.717, 1.165) is 16.5 Å². The van der Waals surface area contributed by atoms with Gasteiger partial charge in [-0.2, -0.15) is 13.2 Å². The minimum Gasteiger partial charge on any atom is -0.376 e. The van der Waals surface area contributed by atoms with Crippen LogP contribution in [0.2, 0.25) is 5.02 Å². The number of rotatable bonds is 4. The topological polar surface area (TPSA) is 41.3 Å². The van der Waals surface area contributed by atoms with Gasteiger partial charge in [0.2, 0.25) is 5.66 Å². The summed E-state index contributed by atoms with van der Waals surface area (Å²) in [6.45, 7) is 0.0830. The van der Waals surface area contributed by atoms with Crippen molar-refractivity contribution in [2.75, 3.05) is 6.54 Å². The van der Waals surface area contributed by atoms with Crippen LogP contribution >= 0.6 is 23.8 Å². The molecule has 2 rings (SSSR count). The van der Waals surface area contributed by atoms with E-state index in [1.807, 2.05) is 0 Å². The smallest absolute Gasteiger partial charge is 0.376 e. The highest BCUT2D eigenvalue weighted by Crippen LogP contribution is 2.37. The molecular weight excluding hydrogens is 347 g/mol. The highest BCUT2D eigenvalue weighted by Gasteiger charge is 2.57. The highest BCUT2D eigenvalue weighted by molar-refractivity contribution is 7.80. The Balaban J connectivity index is 2.27. The number of nitrogens with two attached hydrogens (primary N) is 1. The van der Waals surface area contributed by atoms with Crippen molar-refractivity contribution in [3.05, 3.63) is 59.3 Å². The zero-order chi connectivity index (χ0) is 17.1. The summed E-state index contributed by atoms with van der Waals surface area (Å²) in [5.74, 6) is 0. The van der Waals surface area contributed by atoms with Gasteiger partial charge in [-0.25, -0.2) is 0 Å². The summed E-state index contributed by atoms with van der Waals surface area (Å²) in [4.78, 5) is 1.12. The fraction of sp³-hybridized carbons (Fsp3) is 0.267. The SMILES string of the molecule is NC(=S)NC1(C(F)(F)F)C=CC=CN1CCc1ccccc1Cl. The average molecular weight is 362 g/mol. The van der Waals surface area contributed by atoms with E-state index in [1.165, 1.54) is 18.4 Å². The molecule has 1 heterocycles. The normalized spacial score (nSPS) is 20.6. The van der Waals surface area contributed by atoms with Crippen molar-refractivity contribution < 1.29 is 13.2 Å². The van der Waals surface area contributed by atoms with E-state index in [-0.39, 0.29) is 6.54 Å². The molecule has 3 N–H and O–H groups in total. The Morgan fingerprint density at radius 3 is 2.61 bits per heavy atom. The van der Waals surface area contributed by atoms with Gasteiger partial charge in [0.05, 0.1) is 0 Å². The second-order valence-corrected chi connectivity index (χ2v) is 5.84. The van der Waals surface area contributed by atoms with Gasteiger partial charge in [-0.05, 0) is 42.4 Å². The monoisotopic (exact) mass is 361 g/mol. The van der Waals surface area contributed by atoms with Crippen LogP contribution in [0.3, 0.4) is 0 Å². The molecule has 0 spiro atoms. The van der Waals surface area contributed by atoms with E-state index in [0.29, 0.717) is 11.4 Å². The molecule has 1 aliphatic heterocycles. The molecule has 3 nitrogen and oxygen atoms in total. The summed E-state index contributed by atoms with van der Waals surface area (Å²) in [5, 5.41) is 2.27. The molecule has 124 valence electrons. The van der Waals surface area contributed by atoms with Crippen LogP contribution in [-0.4, -0.2) is 28.4 Å². The molecule has 0 saturated heterocycles. The van der Waals surface area contributed by atoms with Crippen LogP contribution in [0.1, 0.15) is 5.56 Å². The first kappa shape index (κ1) is 17.6. The van der Waals surface area contributed by atoms with Crippen molar-refractivity contribution in [2.45, 2.75) is 18.3 Å². The fourth-order valence-corrected chi connectivity index (χ4v) is 2.77. The molecule has 1 unspecified atom stereocenters. The average Bonchev–Trinajstić information content (AvgIpc) is 2.46. The van der Waals surface area contributed by atoms with Crippen LogP contribution in [0.5, 0.6) is 0 Å². The number of benzene rings is 1. The number of halogens is 4. The summed E-state index contributed by atoms with van der Waals surface area (Å²) < 4.78 is 41.0. The highest BCUT2D eigenvalue weighted by atomic mass is 35.5. The first-order valence-corrected chi connectivity index (χ1v) is 7.55. The van der Waals surface area contributed by atoms with Crippen LogP contribution in [0.25, 0.3) is 0 Å². The van der Waals surface area contributed by atoms with Gasteiger partial charge in [-0.1, -0.05) is 35.9 Å². The lowest BCUT2D eigenvalue weighted by atomic mass is 10.0. The molecule has 1 atom stereocenters. The largest absolute Gasteiger partial charge is 0.434 e. The zero-order valence-corrected chi connectivity index (χ0v) is 13.6. The third kappa shape index (κ3) is 3.79. The van der Waals surface area contributed by atoms with Gasteiger partial charge in [-0.15, -0.1) is 0 Å². The molecule has 0 amide bonds. The van der Waals surface area contributed by atoms with Gasteiger partial charge in [0.25, 0.3) is 0 Å². The Labute approximate surface area is 142 Å². The van der Waals surface area contributed by atoms with Crippen LogP contribution in [0, 0.1) is 0 Å². The van der Waals surface area contributed by atoms with Gasteiger partial charge in [0.1, 0.15) is 0 Å². The first-order valence-electron chi connectivity index (χ1n) is 6.77. The third-order valence-corrected chi connectivity index (χ3v) is 3.96. The maximum Gasteiger partial charge on any atom is 0.434 e. The molecule has 1 aliphatic rings. The van der Waals surface area contributed by atoms with Crippen LogP contribution < -0.4 is 11.1 Å². The molecule has 0 aliphatic carbocycles. The minimum atomic E-state index is -4.61. The Morgan fingerprint density at radius 1 is 1.30 bits per heavy atom. The Bertz CT molecular complexity index is 645. The Hall–Kier alpha value is -1.73. The van der Waals surface area contributed by atoms with E-state index < -0.39 is 17.0 Å². The lowest BCUT2D eigenvalue weighted by Gasteiger charge is -2.44. The van der Waals surface area contributed by atoms with Crippen LogP contribution in [0.15, 0.2) is 48.7 Å². The van der Waals surface area contributed by atoms with Gasteiger partial charge in [0, 0.05) is 17.8 Å². The number of hydrogen-bond donors (Lipinski definition) is 2. The molecule has 1 aromatic rings. The lowest BCUT2D eigenvalue weighted by molar-refractivity contribution is -0.213. The summed E-state index contributed by atoms with van der Waals surface area (Å²) >= 11 is 10.7. The predicted octanol–water partition coefficient (Wildman–Crippen LogP) is 3.36.